The predicted molar refractivity (Wildman–Crippen MR) is 119 cm³/mol. The summed E-state index contributed by atoms with van der Waals surface area (Å²) in [5.41, 5.74) is 1.10. The Bertz CT molecular complexity index is 1010. The highest BCUT2D eigenvalue weighted by molar-refractivity contribution is 7.87. The number of amides is 2. The lowest BCUT2D eigenvalue weighted by Crippen LogP contribution is -2.39. The van der Waals surface area contributed by atoms with Crippen LogP contribution in [0.3, 0.4) is 0 Å². The minimum Gasteiger partial charge on any atom is -0.493 e. The van der Waals surface area contributed by atoms with Crippen LogP contribution in [0.1, 0.15) is 26.3 Å². The highest BCUT2D eigenvalue weighted by atomic mass is 35.5. The monoisotopic (exact) mass is 474 g/mol. The number of nitrogens with zero attached hydrogens (tertiary/aromatic N) is 1. The molecule has 7 nitrogen and oxygen atoms in total. The van der Waals surface area contributed by atoms with E-state index < -0.39 is 10.1 Å². The second-order valence-electron chi connectivity index (χ2n) is 6.69. The summed E-state index contributed by atoms with van der Waals surface area (Å²) in [5.74, 6) is 0.175. The van der Waals surface area contributed by atoms with E-state index in [4.69, 9.17) is 32.1 Å². The lowest BCUT2D eigenvalue weighted by molar-refractivity contribution is 0.193. The molecule has 0 aromatic heterocycles. The Kier molecular flexibility index (Phi) is 8.23. The van der Waals surface area contributed by atoms with Crippen molar-refractivity contribution in [3.8, 4) is 11.5 Å². The number of carbonyl (C=O) groups excluding carboxylic acids is 1. The topological polar surface area (TPSA) is 84.9 Å². The fraction of sp³-hybridized carbons (Fsp3) is 0.350. The molecule has 0 atom stereocenters. The summed E-state index contributed by atoms with van der Waals surface area (Å²) in [6.45, 7) is 5.43. The van der Waals surface area contributed by atoms with Crippen LogP contribution in [0.2, 0.25) is 10.0 Å². The molecule has 0 radical (unpaired) electrons. The Morgan fingerprint density at radius 1 is 1.13 bits per heavy atom. The first-order valence-electron chi connectivity index (χ1n) is 9.18. The van der Waals surface area contributed by atoms with Gasteiger partial charge >= 0.3 is 16.1 Å². The maximum Gasteiger partial charge on any atom is 0.322 e. The van der Waals surface area contributed by atoms with E-state index in [9.17, 15) is 13.2 Å². The molecule has 10 heteroatoms. The zero-order chi connectivity index (χ0) is 22.5. The lowest BCUT2D eigenvalue weighted by atomic mass is 10.1. The second-order valence-corrected chi connectivity index (χ2v) is 9.39. The molecular weight excluding hydrogens is 451 g/mol. The Morgan fingerprint density at radius 2 is 1.83 bits per heavy atom. The van der Waals surface area contributed by atoms with Crippen LogP contribution in [0.5, 0.6) is 11.5 Å². The molecule has 0 aliphatic heterocycles. The number of hydrogen-bond acceptors (Lipinski definition) is 5. The summed E-state index contributed by atoms with van der Waals surface area (Å²) in [4.78, 5) is 14.4. The standard InChI is InChI=1S/C20H24Cl2N2O5S/c1-5-30(26,27)29-19-10-14(6-9-18(19)28-4)12-24(13(2)3)20(25)23-17-8-7-15(21)11-16(17)22/h6-11,13H,5,12H2,1-4H3,(H,23,25). The van der Waals surface area contributed by atoms with E-state index in [-0.39, 0.29) is 35.9 Å². The number of hydrogen-bond donors (Lipinski definition) is 1. The van der Waals surface area contributed by atoms with Gasteiger partial charge in [0.15, 0.2) is 11.5 Å². The number of ether oxygens (including phenoxy) is 1. The maximum absolute atomic E-state index is 12.9. The minimum absolute atomic E-state index is 0.0710. The van der Waals surface area contributed by atoms with Crippen molar-refractivity contribution in [2.45, 2.75) is 33.4 Å². The van der Waals surface area contributed by atoms with Crippen molar-refractivity contribution >= 4 is 45.0 Å². The summed E-state index contributed by atoms with van der Waals surface area (Å²) in [6.07, 6.45) is 0. The van der Waals surface area contributed by atoms with Crippen LogP contribution in [-0.2, 0) is 16.7 Å². The molecule has 2 rings (SSSR count). The van der Waals surface area contributed by atoms with E-state index in [1.165, 1.54) is 14.0 Å². The van der Waals surface area contributed by atoms with Crippen LogP contribution in [-0.4, -0.2) is 38.3 Å². The molecule has 0 spiro atoms. The van der Waals surface area contributed by atoms with Crippen molar-refractivity contribution in [3.05, 3.63) is 52.0 Å². The van der Waals surface area contributed by atoms with Gasteiger partial charge in [-0.15, -0.1) is 0 Å². The molecule has 0 aliphatic carbocycles. The highest BCUT2D eigenvalue weighted by Crippen LogP contribution is 2.31. The quantitative estimate of drug-likeness (QED) is 0.533. The van der Waals surface area contributed by atoms with Gasteiger partial charge in [-0.1, -0.05) is 29.3 Å². The zero-order valence-corrected chi connectivity index (χ0v) is 19.4. The van der Waals surface area contributed by atoms with E-state index in [2.05, 4.69) is 5.32 Å². The van der Waals surface area contributed by atoms with Gasteiger partial charge in [0.2, 0.25) is 0 Å². The third kappa shape index (κ3) is 6.42. The van der Waals surface area contributed by atoms with E-state index in [0.717, 1.165) is 0 Å². The summed E-state index contributed by atoms with van der Waals surface area (Å²) in [7, 11) is -2.31. The Hall–Kier alpha value is -2.16. The van der Waals surface area contributed by atoms with Crippen LogP contribution < -0.4 is 14.2 Å². The second kappa shape index (κ2) is 10.2. The third-order valence-electron chi connectivity index (χ3n) is 4.21. The summed E-state index contributed by atoms with van der Waals surface area (Å²) >= 11 is 12.0. The van der Waals surface area contributed by atoms with Crippen LogP contribution in [0, 0.1) is 0 Å². The molecule has 0 fully saturated rings. The van der Waals surface area contributed by atoms with E-state index in [1.807, 2.05) is 13.8 Å². The number of benzene rings is 2. The van der Waals surface area contributed by atoms with Crippen molar-refractivity contribution in [1.82, 2.24) is 4.90 Å². The first-order valence-corrected chi connectivity index (χ1v) is 11.5. The Balaban J connectivity index is 2.26. The molecule has 30 heavy (non-hydrogen) atoms. The predicted octanol–water partition coefficient (Wildman–Crippen LogP) is 5.17. The minimum atomic E-state index is -3.73. The van der Waals surface area contributed by atoms with Gasteiger partial charge in [0.25, 0.3) is 0 Å². The van der Waals surface area contributed by atoms with E-state index in [1.54, 1.807) is 41.3 Å². The molecule has 2 aromatic carbocycles. The molecule has 2 aromatic rings. The molecule has 2 amide bonds. The molecule has 0 unspecified atom stereocenters. The number of methoxy groups -OCH3 is 1. The van der Waals surface area contributed by atoms with Crippen LogP contribution >= 0.6 is 23.2 Å². The summed E-state index contributed by atoms with van der Waals surface area (Å²) < 4.78 is 34.1. The van der Waals surface area contributed by atoms with Crippen LogP contribution in [0.15, 0.2) is 36.4 Å². The van der Waals surface area contributed by atoms with Crippen molar-refractivity contribution in [3.63, 3.8) is 0 Å². The lowest BCUT2D eigenvalue weighted by Gasteiger charge is -2.27. The number of urea groups is 1. The number of nitrogens with one attached hydrogen (secondary N) is 1. The highest BCUT2D eigenvalue weighted by Gasteiger charge is 2.20. The first-order chi connectivity index (χ1) is 14.1. The molecule has 1 N–H and O–H groups in total. The molecule has 0 heterocycles. The van der Waals surface area contributed by atoms with Gasteiger partial charge in [-0.25, -0.2) is 4.79 Å². The largest absolute Gasteiger partial charge is 0.493 e. The number of carbonyl (C=O) groups is 1. The van der Waals surface area contributed by atoms with Gasteiger partial charge in [-0.05, 0) is 56.7 Å². The fourth-order valence-electron chi connectivity index (χ4n) is 2.54. The van der Waals surface area contributed by atoms with Crippen molar-refractivity contribution in [1.29, 1.82) is 0 Å². The number of halogens is 2. The SMILES string of the molecule is CCS(=O)(=O)Oc1cc(CN(C(=O)Nc2ccc(Cl)cc2Cl)C(C)C)ccc1OC. The van der Waals surface area contributed by atoms with Crippen LogP contribution in [0.4, 0.5) is 10.5 Å². The molecule has 0 aliphatic rings. The van der Waals surface area contributed by atoms with Gasteiger partial charge in [0.05, 0.1) is 23.6 Å². The van der Waals surface area contributed by atoms with Crippen molar-refractivity contribution < 1.29 is 22.1 Å². The van der Waals surface area contributed by atoms with Gasteiger partial charge in [-0.2, -0.15) is 8.42 Å². The Morgan fingerprint density at radius 3 is 2.40 bits per heavy atom. The van der Waals surface area contributed by atoms with Gasteiger partial charge in [-0.3, -0.25) is 0 Å². The fourth-order valence-corrected chi connectivity index (χ4v) is 3.52. The maximum atomic E-state index is 12.9. The average Bonchev–Trinajstić information content (AvgIpc) is 2.68. The summed E-state index contributed by atoms with van der Waals surface area (Å²) in [6, 6.07) is 9.16. The number of rotatable bonds is 8. The van der Waals surface area contributed by atoms with Crippen LogP contribution in [0.25, 0.3) is 0 Å². The molecule has 0 saturated carbocycles. The van der Waals surface area contributed by atoms with Gasteiger partial charge < -0.3 is 19.1 Å². The third-order valence-corrected chi connectivity index (χ3v) is 5.90. The van der Waals surface area contributed by atoms with E-state index in [0.29, 0.717) is 21.3 Å². The van der Waals surface area contributed by atoms with Crippen molar-refractivity contribution in [2.75, 3.05) is 18.2 Å². The average molecular weight is 475 g/mol. The van der Waals surface area contributed by atoms with Crippen molar-refractivity contribution in [2.24, 2.45) is 0 Å². The molecule has 164 valence electrons. The normalized spacial score (nSPS) is 11.3. The van der Waals surface area contributed by atoms with E-state index >= 15 is 0 Å². The Labute approximate surface area is 187 Å². The number of anilines is 1. The zero-order valence-electron chi connectivity index (χ0n) is 17.1. The molecular formula is C20H24Cl2N2O5S. The summed E-state index contributed by atoms with van der Waals surface area (Å²) in [5, 5.41) is 3.56. The van der Waals surface area contributed by atoms with Gasteiger partial charge in [0.1, 0.15) is 0 Å². The molecule has 0 bridgehead atoms. The van der Waals surface area contributed by atoms with Gasteiger partial charge in [0, 0.05) is 17.6 Å². The first kappa shape index (κ1) is 24.1. The smallest absolute Gasteiger partial charge is 0.322 e. The molecule has 0 saturated heterocycles.